The van der Waals surface area contributed by atoms with E-state index in [4.69, 9.17) is 11.6 Å². The van der Waals surface area contributed by atoms with Crippen LogP contribution in [0.25, 0.3) is 10.8 Å². The first-order chi connectivity index (χ1) is 10.2. The molecule has 1 N–H and O–H groups in total. The lowest BCUT2D eigenvalue weighted by Crippen LogP contribution is -2.24. The van der Waals surface area contributed by atoms with Crippen LogP contribution in [0.3, 0.4) is 0 Å². The van der Waals surface area contributed by atoms with Gasteiger partial charge in [-0.3, -0.25) is 0 Å². The van der Waals surface area contributed by atoms with Gasteiger partial charge in [-0.15, -0.1) is 0 Å². The molecule has 0 bridgehead atoms. The minimum absolute atomic E-state index is 0.405. The molecule has 2 aromatic rings. The molecule has 114 valence electrons. The Kier molecular flexibility index (Phi) is 6.08. The molecular weight excluding hydrogens is 278 g/mol. The fourth-order valence-corrected chi connectivity index (χ4v) is 3.03. The Balaban J connectivity index is 2.41. The van der Waals surface area contributed by atoms with Crippen LogP contribution in [-0.2, 0) is 0 Å². The lowest BCUT2D eigenvalue weighted by molar-refractivity contribution is 0.404. The summed E-state index contributed by atoms with van der Waals surface area (Å²) >= 11 is 6.35. The largest absolute Gasteiger partial charge is 0.310 e. The molecule has 0 amide bonds. The van der Waals surface area contributed by atoms with Gasteiger partial charge in [0, 0.05) is 16.5 Å². The van der Waals surface area contributed by atoms with E-state index in [2.05, 4.69) is 56.4 Å². The molecule has 0 aromatic heterocycles. The van der Waals surface area contributed by atoms with Crippen LogP contribution < -0.4 is 5.32 Å². The summed E-state index contributed by atoms with van der Waals surface area (Å²) in [5, 5.41) is 7.00. The predicted octanol–water partition coefficient (Wildman–Crippen LogP) is 5.97. The van der Waals surface area contributed by atoms with Crippen molar-refractivity contribution in [2.75, 3.05) is 6.54 Å². The maximum absolute atomic E-state index is 6.35. The first kappa shape index (κ1) is 16.3. The number of nitrogens with one attached hydrogen (secondary N) is 1. The van der Waals surface area contributed by atoms with Crippen molar-refractivity contribution in [2.45, 2.75) is 46.1 Å². The molecule has 1 nitrogen and oxygen atoms in total. The van der Waals surface area contributed by atoms with E-state index in [1.165, 1.54) is 23.8 Å². The molecule has 0 fully saturated rings. The maximum atomic E-state index is 6.35. The first-order valence-electron chi connectivity index (χ1n) is 8.07. The second-order valence-electron chi connectivity index (χ2n) is 5.94. The number of fused-ring (bicyclic) bond motifs is 1. The van der Waals surface area contributed by atoms with Crippen molar-refractivity contribution in [3.63, 3.8) is 0 Å². The molecule has 21 heavy (non-hydrogen) atoms. The van der Waals surface area contributed by atoms with Crippen molar-refractivity contribution in [2.24, 2.45) is 5.92 Å². The van der Waals surface area contributed by atoms with Crippen molar-refractivity contribution < 1.29 is 0 Å². The van der Waals surface area contributed by atoms with Gasteiger partial charge in [0.05, 0.1) is 0 Å². The zero-order valence-electron chi connectivity index (χ0n) is 13.3. The molecule has 0 aliphatic heterocycles. The normalized spacial score (nSPS) is 14.3. The zero-order valence-corrected chi connectivity index (χ0v) is 14.1. The molecule has 2 atom stereocenters. The van der Waals surface area contributed by atoms with E-state index in [1.54, 1.807) is 0 Å². The monoisotopic (exact) mass is 303 g/mol. The average Bonchev–Trinajstić information content (AvgIpc) is 2.52. The van der Waals surface area contributed by atoms with Gasteiger partial charge in [-0.1, -0.05) is 69.1 Å². The summed E-state index contributed by atoms with van der Waals surface area (Å²) in [6, 6.07) is 13.1. The van der Waals surface area contributed by atoms with E-state index in [1.807, 2.05) is 6.07 Å². The topological polar surface area (TPSA) is 12.0 Å². The van der Waals surface area contributed by atoms with Gasteiger partial charge in [0.15, 0.2) is 0 Å². The minimum Gasteiger partial charge on any atom is -0.310 e. The van der Waals surface area contributed by atoms with Crippen molar-refractivity contribution >= 4 is 22.4 Å². The third-order valence-corrected chi connectivity index (χ3v) is 4.59. The Bertz CT molecular complexity index is 579. The summed E-state index contributed by atoms with van der Waals surface area (Å²) in [5.74, 6) is 0.716. The number of hydrogen-bond donors (Lipinski definition) is 1. The molecule has 2 heteroatoms. The average molecular weight is 304 g/mol. The molecule has 0 aliphatic rings. The first-order valence-corrected chi connectivity index (χ1v) is 8.45. The fourth-order valence-electron chi connectivity index (χ4n) is 2.80. The van der Waals surface area contributed by atoms with Gasteiger partial charge in [-0.2, -0.15) is 0 Å². The summed E-state index contributed by atoms with van der Waals surface area (Å²) in [4.78, 5) is 0. The molecule has 0 radical (unpaired) electrons. The Morgan fingerprint density at radius 1 is 1.05 bits per heavy atom. The summed E-state index contributed by atoms with van der Waals surface area (Å²) in [6.45, 7) is 7.87. The van der Waals surface area contributed by atoms with Crippen molar-refractivity contribution in [1.82, 2.24) is 5.32 Å². The van der Waals surface area contributed by atoms with Gasteiger partial charge in [-0.05, 0) is 42.3 Å². The second-order valence-corrected chi connectivity index (χ2v) is 6.35. The summed E-state index contributed by atoms with van der Waals surface area (Å²) in [7, 11) is 0. The number of hydrogen-bond acceptors (Lipinski definition) is 1. The Hall–Kier alpha value is -1.05. The van der Waals surface area contributed by atoms with Gasteiger partial charge in [-0.25, -0.2) is 0 Å². The van der Waals surface area contributed by atoms with Gasteiger partial charge in [0.2, 0.25) is 0 Å². The molecule has 0 spiro atoms. The van der Waals surface area contributed by atoms with E-state index in [0.717, 1.165) is 23.4 Å². The third kappa shape index (κ3) is 3.99. The van der Waals surface area contributed by atoms with E-state index in [9.17, 15) is 0 Å². The van der Waals surface area contributed by atoms with Crippen LogP contribution in [0, 0.1) is 5.92 Å². The Morgan fingerprint density at radius 2 is 1.76 bits per heavy atom. The molecule has 0 saturated carbocycles. The lowest BCUT2D eigenvalue weighted by Gasteiger charge is -2.24. The second kappa shape index (κ2) is 7.82. The van der Waals surface area contributed by atoms with Crippen LogP contribution in [-0.4, -0.2) is 6.54 Å². The Labute approximate surface area is 133 Å². The van der Waals surface area contributed by atoms with Crippen LogP contribution in [0.1, 0.15) is 51.6 Å². The van der Waals surface area contributed by atoms with Gasteiger partial charge < -0.3 is 5.32 Å². The van der Waals surface area contributed by atoms with Gasteiger partial charge in [0.25, 0.3) is 0 Å². The number of rotatable bonds is 7. The summed E-state index contributed by atoms with van der Waals surface area (Å²) in [6.07, 6.45) is 3.54. The molecule has 0 heterocycles. The van der Waals surface area contributed by atoms with E-state index >= 15 is 0 Å². The highest BCUT2D eigenvalue weighted by molar-refractivity contribution is 6.35. The summed E-state index contributed by atoms with van der Waals surface area (Å²) in [5.41, 5.74) is 1.38. The van der Waals surface area contributed by atoms with Crippen LogP contribution in [0.2, 0.25) is 5.02 Å². The predicted molar refractivity (Wildman–Crippen MR) is 94.1 cm³/mol. The van der Waals surface area contributed by atoms with Crippen LogP contribution in [0.15, 0.2) is 36.4 Å². The van der Waals surface area contributed by atoms with Crippen molar-refractivity contribution in [1.29, 1.82) is 0 Å². The number of halogens is 1. The van der Waals surface area contributed by atoms with E-state index < -0.39 is 0 Å². The van der Waals surface area contributed by atoms with E-state index in [-0.39, 0.29) is 0 Å². The van der Waals surface area contributed by atoms with E-state index in [0.29, 0.717) is 12.0 Å². The molecular formula is C19H26ClN. The minimum atomic E-state index is 0.405. The van der Waals surface area contributed by atoms with Crippen LogP contribution in [0.4, 0.5) is 0 Å². The molecule has 2 unspecified atom stereocenters. The highest BCUT2D eigenvalue weighted by atomic mass is 35.5. The third-order valence-electron chi connectivity index (χ3n) is 4.26. The Morgan fingerprint density at radius 3 is 2.43 bits per heavy atom. The highest BCUT2D eigenvalue weighted by Crippen LogP contribution is 2.33. The standard InChI is InChI=1S/C19H26ClN/c1-4-12-21-19(13-14(3)5-2)17-10-11-18(20)16-9-7-6-8-15(16)17/h6-11,14,19,21H,4-5,12-13H2,1-3H3. The molecule has 0 saturated heterocycles. The molecule has 2 rings (SSSR count). The van der Waals surface area contributed by atoms with Gasteiger partial charge in [0.1, 0.15) is 0 Å². The van der Waals surface area contributed by atoms with Crippen LogP contribution >= 0.6 is 11.6 Å². The quantitative estimate of drug-likeness (QED) is 0.664. The fraction of sp³-hybridized carbons (Fsp3) is 0.474. The van der Waals surface area contributed by atoms with Crippen molar-refractivity contribution in [3.8, 4) is 0 Å². The maximum Gasteiger partial charge on any atom is 0.0484 e. The smallest absolute Gasteiger partial charge is 0.0484 e. The molecule has 2 aromatic carbocycles. The molecule has 0 aliphatic carbocycles. The SMILES string of the molecule is CCCNC(CC(C)CC)c1ccc(Cl)c2ccccc12. The van der Waals surface area contributed by atoms with Crippen LogP contribution in [0.5, 0.6) is 0 Å². The van der Waals surface area contributed by atoms with Gasteiger partial charge >= 0.3 is 0 Å². The lowest BCUT2D eigenvalue weighted by atomic mass is 9.91. The van der Waals surface area contributed by atoms with Crippen molar-refractivity contribution in [3.05, 3.63) is 47.0 Å². The highest BCUT2D eigenvalue weighted by Gasteiger charge is 2.17. The zero-order chi connectivity index (χ0) is 15.2. The number of benzene rings is 2. The summed E-state index contributed by atoms with van der Waals surface area (Å²) < 4.78 is 0.